The van der Waals surface area contributed by atoms with Crippen LogP contribution in [0.25, 0.3) is 11.1 Å². The van der Waals surface area contributed by atoms with E-state index in [0.29, 0.717) is 5.92 Å². The summed E-state index contributed by atoms with van der Waals surface area (Å²) >= 11 is 0. The number of aromatic nitrogens is 2. The maximum absolute atomic E-state index is 5.98. The summed E-state index contributed by atoms with van der Waals surface area (Å²) in [4.78, 5) is 11.5. The van der Waals surface area contributed by atoms with Crippen molar-refractivity contribution in [1.82, 2.24) is 14.9 Å². The van der Waals surface area contributed by atoms with Gasteiger partial charge in [-0.2, -0.15) is 0 Å². The lowest BCUT2D eigenvalue weighted by atomic mass is 9.94. The van der Waals surface area contributed by atoms with Gasteiger partial charge in [-0.15, -0.1) is 0 Å². The van der Waals surface area contributed by atoms with Crippen LogP contribution in [-0.4, -0.2) is 28.0 Å². The van der Waals surface area contributed by atoms with Crippen molar-refractivity contribution in [2.24, 2.45) is 0 Å². The van der Waals surface area contributed by atoms with Crippen LogP contribution in [0, 0.1) is 0 Å². The molecule has 3 heterocycles. The number of likely N-dealkylation sites (tertiary alicyclic amines) is 1. The molecule has 0 spiro atoms. The molecule has 1 saturated heterocycles. The lowest BCUT2D eigenvalue weighted by molar-refractivity contribution is 0.170. The number of hydrogen-bond donors (Lipinski definition) is 0. The third kappa shape index (κ3) is 3.47. The van der Waals surface area contributed by atoms with Gasteiger partial charge in [0.1, 0.15) is 11.3 Å². The Labute approximate surface area is 148 Å². The van der Waals surface area contributed by atoms with Gasteiger partial charge in [0.2, 0.25) is 5.89 Å². The molecule has 5 heteroatoms. The molecule has 1 aliphatic rings. The van der Waals surface area contributed by atoms with Crippen molar-refractivity contribution in [3.63, 3.8) is 0 Å². The largest absolute Gasteiger partial charge is 0.444 e. The molecule has 1 atom stereocenters. The summed E-state index contributed by atoms with van der Waals surface area (Å²) in [6.07, 6.45) is 4.11. The van der Waals surface area contributed by atoms with E-state index in [4.69, 9.17) is 8.83 Å². The Kier molecular flexibility index (Phi) is 4.12. The van der Waals surface area contributed by atoms with Crippen LogP contribution < -0.4 is 0 Å². The number of piperidine rings is 1. The maximum Gasteiger partial charge on any atom is 0.208 e. The summed E-state index contributed by atoms with van der Waals surface area (Å²) in [7, 11) is 0. The van der Waals surface area contributed by atoms with Crippen molar-refractivity contribution in [2.75, 3.05) is 13.1 Å². The Hall–Kier alpha value is -2.14. The molecule has 0 aliphatic carbocycles. The molecule has 1 unspecified atom stereocenters. The molecule has 2 aromatic heterocycles. The van der Waals surface area contributed by atoms with Gasteiger partial charge in [0.25, 0.3) is 0 Å². The highest BCUT2D eigenvalue weighted by molar-refractivity contribution is 5.72. The maximum atomic E-state index is 5.98. The minimum Gasteiger partial charge on any atom is -0.444 e. The monoisotopic (exact) mass is 339 g/mol. The van der Waals surface area contributed by atoms with E-state index >= 15 is 0 Å². The number of nitrogens with zero attached hydrogens (tertiary/aromatic N) is 3. The van der Waals surface area contributed by atoms with Gasteiger partial charge in [0.05, 0.1) is 12.7 Å². The van der Waals surface area contributed by atoms with E-state index in [9.17, 15) is 0 Å². The third-order valence-corrected chi connectivity index (χ3v) is 4.82. The van der Waals surface area contributed by atoms with Gasteiger partial charge >= 0.3 is 0 Å². The van der Waals surface area contributed by atoms with E-state index in [2.05, 4.69) is 35.6 Å². The summed E-state index contributed by atoms with van der Waals surface area (Å²) in [6.45, 7) is 9.15. The van der Waals surface area contributed by atoms with Gasteiger partial charge < -0.3 is 8.83 Å². The number of oxazole rings is 2. The smallest absolute Gasteiger partial charge is 0.208 e. The average molecular weight is 339 g/mol. The van der Waals surface area contributed by atoms with Crippen LogP contribution >= 0.6 is 0 Å². The number of benzene rings is 1. The topological polar surface area (TPSA) is 55.3 Å². The molecule has 0 radical (unpaired) electrons. The van der Waals surface area contributed by atoms with Crippen LogP contribution in [0.5, 0.6) is 0 Å². The highest BCUT2D eigenvalue weighted by Crippen LogP contribution is 2.30. The normalized spacial score (nSPS) is 19.6. The predicted molar refractivity (Wildman–Crippen MR) is 96.5 cm³/mol. The first-order chi connectivity index (χ1) is 12.0. The molecule has 1 aliphatic heterocycles. The SMILES string of the molecule is CC(C)(C)c1cnc(CN2CCCC(c3nc4ccccc4o3)C2)o1. The fourth-order valence-corrected chi connectivity index (χ4v) is 3.39. The number of fused-ring (bicyclic) bond motifs is 1. The second-order valence-corrected chi connectivity index (χ2v) is 7.96. The van der Waals surface area contributed by atoms with E-state index in [1.807, 2.05) is 30.5 Å². The fourth-order valence-electron chi connectivity index (χ4n) is 3.39. The van der Waals surface area contributed by atoms with Crippen LogP contribution in [0.3, 0.4) is 0 Å². The van der Waals surface area contributed by atoms with Crippen molar-refractivity contribution >= 4 is 11.1 Å². The van der Waals surface area contributed by atoms with Crippen LogP contribution in [-0.2, 0) is 12.0 Å². The summed E-state index contributed by atoms with van der Waals surface area (Å²) in [5.41, 5.74) is 1.81. The Morgan fingerprint density at radius 3 is 2.80 bits per heavy atom. The highest BCUT2D eigenvalue weighted by Gasteiger charge is 2.27. The molecule has 1 aromatic carbocycles. The van der Waals surface area contributed by atoms with Crippen molar-refractivity contribution in [2.45, 2.75) is 51.5 Å². The van der Waals surface area contributed by atoms with E-state index in [-0.39, 0.29) is 5.41 Å². The quantitative estimate of drug-likeness (QED) is 0.703. The molecule has 0 N–H and O–H groups in total. The summed E-state index contributed by atoms with van der Waals surface area (Å²) in [5.74, 6) is 2.92. The minimum atomic E-state index is -0.00607. The van der Waals surface area contributed by atoms with Crippen LogP contribution in [0.1, 0.15) is 57.1 Å². The Balaban J connectivity index is 1.46. The van der Waals surface area contributed by atoms with Gasteiger partial charge in [-0.1, -0.05) is 32.9 Å². The van der Waals surface area contributed by atoms with E-state index in [1.54, 1.807) is 0 Å². The first kappa shape index (κ1) is 16.3. The van der Waals surface area contributed by atoms with Crippen molar-refractivity contribution < 1.29 is 8.83 Å². The second-order valence-electron chi connectivity index (χ2n) is 7.96. The van der Waals surface area contributed by atoms with Gasteiger partial charge in [-0.05, 0) is 31.5 Å². The van der Waals surface area contributed by atoms with E-state index < -0.39 is 0 Å². The fraction of sp³-hybridized carbons (Fsp3) is 0.500. The zero-order valence-electron chi connectivity index (χ0n) is 15.2. The van der Waals surface area contributed by atoms with E-state index in [0.717, 1.165) is 61.1 Å². The Morgan fingerprint density at radius 1 is 1.20 bits per heavy atom. The average Bonchev–Trinajstić information content (AvgIpc) is 3.21. The third-order valence-electron chi connectivity index (χ3n) is 4.82. The molecule has 4 rings (SSSR count). The second kappa shape index (κ2) is 6.30. The standard InChI is InChI=1S/C20H25N3O2/c1-20(2,3)17-11-21-18(25-17)13-23-10-6-7-14(12-23)19-22-15-8-4-5-9-16(15)24-19/h4-5,8-9,11,14H,6-7,10,12-13H2,1-3H3. The van der Waals surface area contributed by atoms with Gasteiger partial charge in [0, 0.05) is 17.9 Å². The van der Waals surface area contributed by atoms with Crippen LogP contribution in [0.15, 0.2) is 39.3 Å². The molecule has 5 nitrogen and oxygen atoms in total. The van der Waals surface area contributed by atoms with Gasteiger partial charge in [0.15, 0.2) is 11.5 Å². The molecular formula is C20H25N3O2. The molecule has 0 bridgehead atoms. The number of para-hydroxylation sites is 2. The molecule has 0 saturated carbocycles. The first-order valence-corrected chi connectivity index (χ1v) is 9.02. The van der Waals surface area contributed by atoms with Gasteiger partial charge in [-0.25, -0.2) is 9.97 Å². The van der Waals surface area contributed by atoms with Crippen molar-refractivity contribution in [3.05, 3.63) is 48.0 Å². The Bertz CT molecular complexity index is 826. The van der Waals surface area contributed by atoms with Crippen molar-refractivity contribution in [1.29, 1.82) is 0 Å². The first-order valence-electron chi connectivity index (χ1n) is 9.02. The highest BCUT2D eigenvalue weighted by atomic mass is 16.4. The lowest BCUT2D eigenvalue weighted by Crippen LogP contribution is -2.34. The van der Waals surface area contributed by atoms with Crippen LogP contribution in [0.4, 0.5) is 0 Å². The summed E-state index contributed by atoms with van der Waals surface area (Å²) in [5, 5.41) is 0. The number of hydrogen-bond acceptors (Lipinski definition) is 5. The molecule has 25 heavy (non-hydrogen) atoms. The minimum absolute atomic E-state index is 0.00607. The molecule has 1 fully saturated rings. The van der Waals surface area contributed by atoms with Crippen LogP contribution in [0.2, 0.25) is 0 Å². The molecule has 0 amide bonds. The lowest BCUT2D eigenvalue weighted by Gasteiger charge is -2.30. The van der Waals surface area contributed by atoms with E-state index in [1.165, 1.54) is 0 Å². The zero-order chi connectivity index (χ0) is 17.4. The molecule has 3 aromatic rings. The van der Waals surface area contributed by atoms with Gasteiger partial charge in [-0.3, -0.25) is 4.90 Å². The summed E-state index contributed by atoms with van der Waals surface area (Å²) in [6, 6.07) is 7.97. The molecule has 132 valence electrons. The zero-order valence-corrected chi connectivity index (χ0v) is 15.2. The van der Waals surface area contributed by atoms with Crippen molar-refractivity contribution in [3.8, 4) is 0 Å². The Morgan fingerprint density at radius 2 is 2.04 bits per heavy atom. The predicted octanol–water partition coefficient (Wildman–Crippen LogP) is 4.49. The molecular weight excluding hydrogens is 314 g/mol. The number of rotatable bonds is 3. The summed E-state index contributed by atoms with van der Waals surface area (Å²) < 4.78 is 11.9.